The summed E-state index contributed by atoms with van der Waals surface area (Å²) in [5.74, 6) is 0. The van der Waals surface area contributed by atoms with Crippen LogP contribution in [0.2, 0.25) is 0 Å². The molecule has 0 saturated carbocycles. The molecule has 6 heteroatoms. The molecule has 0 aromatic carbocycles. The molecular formula is C19H20N6. The van der Waals surface area contributed by atoms with Crippen LogP contribution in [-0.4, -0.2) is 26.9 Å². The van der Waals surface area contributed by atoms with Gasteiger partial charge in [-0.1, -0.05) is 0 Å². The second kappa shape index (κ2) is 7.55. The van der Waals surface area contributed by atoms with Crippen LogP contribution in [-0.2, 0) is 0 Å². The largest absolute Gasteiger partial charge is 0.397 e. The van der Waals surface area contributed by atoms with Crippen molar-refractivity contribution in [2.75, 3.05) is 7.05 Å². The van der Waals surface area contributed by atoms with Gasteiger partial charge in [-0.15, -0.1) is 0 Å². The molecule has 1 unspecified atom stereocenters. The van der Waals surface area contributed by atoms with Crippen molar-refractivity contribution in [3.05, 3.63) is 90.3 Å². The minimum Gasteiger partial charge on any atom is -0.397 e. The fourth-order valence-electron chi connectivity index (χ4n) is 2.65. The molecule has 3 aromatic rings. The third-order valence-corrected chi connectivity index (χ3v) is 4.02. The van der Waals surface area contributed by atoms with E-state index in [1.165, 1.54) is 0 Å². The molecule has 0 bridgehead atoms. The number of nitrogens with zero attached hydrogens (tertiary/aromatic N) is 4. The standard InChI is InChI=1S/C19H20N6/c1-25(19(21)16-6-12-24-13-7-16)18(15-4-10-23-11-5-15)17(20)14-2-8-22-9-3-14/h2-13,19H,20-21H2,1H3/b18-17-. The fraction of sp³-hybridized carbons (Fsp3) is 0.105. The maximum absolute atomic E-state index is 6.51. The highest BCUT2D eigenvalue weighted by atomic mass is 15.2. The van der Waals surface area contributed by atoms with Gasteiger partial charge in [0.15, 0.2) is 0 Å². The summed E-state index contributed by atoms with van der Waals surface area (Å²) < 4.78 is 0. The fourth-order valence-corrected chi connectivity index (χ4v) is 2.65. The van der Waals surface area contributed by atoms with Crippen LogP contribution in [0.3, 0.4) is 0 Å². The molecule has 4 N–H and O–H groups in total. The summed E-state index contributed by atoms with van der Waals surface area (Å²) in [6.07, 6.45) is 9.99. The number of nitrogens with two attached hydrogens (primary N) is 2. The first kappa shape index (κ1) is 16.6. The van der Waals surface area contributed by atoms with E-state index in [0.29, 0.717) is 5.70 Å². The molecule has 6 nitrogen and oxygen atoms in total. The summed E-state index contributed by atoms with van der Waals surface area (Å²) in [7, 11) is 1.93. The van der Waals surface area contributed by atoms with Crippen LogP contribution in [0.4, 0.5) is 0 Å². The average molecular weight is 332 g/mol. The maximum atomic E-state index is 6.51. The topological polar surface area (TPSA) is 94.0 Å². The van der Waals surface area contributed by atoms with Crippen LogP contribution in [0.15, 0.2) is 73.6 Å². The van der Waals surface area contributed by atoms with Gasteiger partial charge in [-0.25, -0.2) is 0 Å². The lowest BCUT2D eigenvalue weighted by atomic mass is 10.0. The Morgan fingerprint density at radius 1 is 0.800 bits per heavy atom. The van der Waals surface area contributed by atoms with Crippen LogP contribution in [0, 0.1) is 0 Å². The summed E-state index contributed by atoms with van der Waals surface area (Å²) in [6.45, 7) is 0. The van der Waals surface area contributed by atoms with Crippen molar-refractivity contribution in [2.45, 2.75) is 6.17 Å². The SMILES string of the molecule is CN(/C(=C(\N)c1ccncc1)c1ccncc1)C(N)c1ccncc1. The number of aromatic nitrogens is 3. The Morgan fingerprint density at radius 2 is 1.24 bits per heavy atom. The minimum absolute atomic E-state index is 0.369. The monoisotopic (exact) mass is 332 g/mol. The van der Waals surface area contributed by atoms with E-state index in [4.69, 9.17) is 11.5 Å². The second-order valence-corrected chi connectivity index (χ2v) is 5.57. The molecule has 126 valence electrons. The highest BCUT2D eigenvalue weighted by Crippen LogP contribution is 2.29. The zero-order valence-corrected chi connectivity index (χ0v) is 13.9. The van der Waals surface area contributed by atoms with Gasteiger partial charge in [-0.2, -0.15) is 0 Å². The lowest BCUT2D eigenvalue weighted by Crippen LogP contribution is -2.31. The number of rotatable bonds is 5. The van der Waals surface area contributed by atoms with Crippen molar-refractivity contribution in [3.63, 3.8) is 0 Å². The summed E-state index contributed by atoms with van der Waals surface area (Å²) in [6, 6.07) is 11.4. The Kier molecular flexibility index (Phi) is 5.01. The smallest absolute Gasteiger partial charge is 0.103 e. The van der Waals surface area contributed by atoms with Crippen molar-refractivity contribution >= 4 is 11.4 Å². The van der Waals surface area contributed by atoms with Crippen LogP contribution in [0.5, 0.6) is 0 Å². The molecular weight excluding hydrogens is 312 g/mol. The van der Waals surface area contributed by atoms with Gasteiger partial charge < -0.3 is 16.4 Å². The van der Waals surface area contributed by atoms with Gasteiger partial charge in [-0.05, 0) is 42.0 Å². The van der Waals surface area contributed by atoms with E-state index in [1.54, 1.807) is 37.2 Å². The third-order valence-electron chi connectivity index (χ3n) is 4.02. The molecule has 0 radical (unpaired) electrons. The first-order valence-corrected chi connectivity index (χ1v) is 7.87. The van der Waals surface area contributed by atoms with Gasteiger partial charge in [0.05, 0.1) is 11.4 Å². The van der Waals surface area contributed by atoms with Gasteiger partial charge in [0.25, 0.3) is 0 Å². The lowest BCUT2D eigenvalue weighted by Gasteiger charge is -2.31. The lowest BCUT2D eigenvalue weighted by molar-refractivity contribution is 0.365. The third kappa shape index (κ3) is 3.64. The quantitative estimate of drug-likeness (QED) is 0.696. The normalized spacial score (nSPS) is 13.0. The molecule has 0 amide bonds. The van der Waals surface area contributed by atoms with E-state index in [2.05, 4.69) is 15.0 Å². The molecule has 3 aromatic heterocycles. The molecule has 25 heavy (non-hydrogen) atoms. The van der Waals surface area contributed by atoms with E-state index in [0.717, 1.165) is 22.4 Å². The highest BCUT2D eigenvalue weighted by molar-refractivity contribution is 5.88. The average Bonchev–Trinajstić information content (AvgIpc) is 2.69. The summed E-state index contributed by atoms with van der Waals surface area (Å²) in [5.41, 5.74) is 17.2. The summed E-state index contributed by atoms with van der Waals surface area (Å²) in [5, 5.41) is 0. The van der Waals surface area contributed by atoms with Crippen molar-refractivity contribution in [2.24, 2.45) is 11.5 Å². The van der Waals surface area contributed by atoms with Crippen molar-refractivity contribution in [1.82, 2.24) is 19.9 Å². The molecule has 0 fully saturated rings. The molecule has 0 spiro atoms. The van der Waals surface area contributed by atoms with E-state index in [9.17, 15) is 0 Å². The predicted octanol–water partition coefficient (Wildman–Crippen LogP) is 2.25. The molecule has 3 heterocycles. The molecule has 3 rings (SSSR count). The molecule has 0 aliphatic heterocycles. The van der Waals surface area contributed by atoms with Crippen molar-refractivity contribution in [1.29, 1.82) is 0 Å². The van der Waals surface area contributed by atoms with Crippen LogP contribution in [0.25, 0.3) is 11.4 Å². The summed E-state index contributed by atoms with van der Waals surface area (Å²) in [4.78, 5) is 14.2. The Bertz CT molecular complexity index is 834. The maximum Gasteiger partial charge on any atom is 0.103 e. The Balaban J connectivity index is 2.09. The number of pyridine rings is 3. The van der Waals surface area contributed by atoms with Crippen molar-refractivity contribution < 1.29 is 0 Å². The number of hydrogen-bond acceptors (Lipinski definition) is 6. The summed E-state index contributed by atoms with van der Waals surface area (Å²) >= 11 is 0. The van der Waals surface area contributed by atoms with E-state index < -0.39 is 0 Å². The number of hydrogen-bond donors (Lipinski definition) is 2. The highest BCUT2D eigenvalue weighted by Gasteiger charge is 2.20. The Labute approximate surface area is 146 Å². The zero-order valence-electron chi connectivity index (χ0n) is 13.9. The van der Waals surface area contributed by atoms with E-state index >= 15 is 0 Å². The molecule has 0 aliphatic carbocycles. The molecule has 0 saturated heterocycles. The van der Waals surface area contributed by atoms with Crippen LogP contribution in [0.1, 0.15) is 22.9 Å². The Hall–Kier alpha value is -3.25. The first-order valence-electron chi connectivity index (χ1n) is 7.87. The molecule has 0 aliphatic rings. The van der Waals surface area contributed by atoms with Gasteiger partial charge >= 0.3 is 0 Å². The van der Waals surface area contributed by atoms with Gasteiger partial charge in [-0.3, -0.25) is 15.0 Å². The van der Waals surface area contributed by atoms with Gasteiger partial charge in [0.1, 0.15) is 6.17 Å². The van der Waals surface area contributed by atoms with Crippen molar-refractivity contribution in [3.8, 4) is 0 Å². The molecule has 1 atom stereocenters. The zero-order chi connectivity index (χ0) is 17.6. The van der Waals surface area contributed by atoms with E-state index in [-0.39, 0.29) is 6.17 Å². The second-order valence-electron chi connectivity index (χ2n) is 5.57. The van der Waals surface area contributed by atoms with Crippen LogP contribution >= 0.6 is 0 Å². The van der Waals surface area contributed by atoms with Gasteiger partial charge in [0, 0.05) is 55.4 Å². The van der Waals surface area contributed by atoms with E-state index in [1.807, 2.05) is 48.3 Å². The van der Waals surface area contributed by atoms with Gasteiger partial charge in [0.2, 0.25) is 0 Å². The predicted molar refractivity (Wildman–Crippen MR) is 98.4 cm³/mol. The first-order chi connectivity index (χ1) is 12.2. The minimum atomic E-state index is -0.369. The van der Waals surface area contributed by atoms with Crippen LogP contribution < -0.4 is 11.5 Å². The Morgan fingerprint density at radius 3 is 1.76 bits per heavy atom.